The molecule has 1 atom stereocenters. The van der Waals surface area contributed by atoms with E-state index in [-0.39, 0.29) is 24.0 Å². The van der Waals surface area contributed by atoms with Crippen molar-refractivity contribution in [1.82, 2.24) is 25.1 Å². The van der Waals surface area contributed by atoms with Gasteiger partial charge in [-0.1, -0.05) is 40.5 Å². The van der Waals surface area contributed by atoms with Gasteiger partial charge in [0.15, 0.2) is 5.96 Å². The van der Waals surface area contributed by atoms with Crippen LogP contribution in [0, 0.1) is 11.8 Å². The van der Waals surface area contributed by atoms with Crippen molar-refractivity contribution in [2.24, 2.45) is 16.8 Å². The molecule has 0 aliphatic carbocycles. The van der Waals surface area contributed by atoms with Crippen molar-refractivity contribution in [2.75, 3.05) is 39.9 Å². The van der Waals surface area contributed by atoms with Gasteiger partial charge in [0.05, 0.1) is 19.8 Å². The molecule has 7 nitrogen and oxygen atoms in total. The molecule has 0 radical (unpaired) electrons. The highest BCUT2D eigenvalue weighted by atomic mass is 127. The van der Waals surface area contributed by atoms with Crippen LogP contribution >= 0.6 is 24.0 Å². The summed E-state index contributed by atoms with van der Waals surface area (Å²) in [6.45, 7) is 15.3. The number of aliphatic imine (C=N–C) groups is 1. The Morgan fingerprint density at radius 3 is 2.48 bits per heavy atom. The average molecular weight is 521 g/mol. The van der Waals surface area contributed by atoms with E-state index < -0.39 is 0 Å². The number of rotatable bonds is 10. The minimum atomic E-state index is 0. The third kappa shape index (κ3) is 8.41. The van der Waals surface area contributed by atoms with Gasteiger partial charge in [-0.25, -0.2) is 4.98 Å². The maximum atomic E-state index is 5.55. The van der Waals surface area contributed by atoms with Gasteiger partial charge in [-0.2, -0.15) is 0 Å². The Morgan fingerprint density at radius 1 is 1.21 bits per heavy atom. The molecule has 0 aromatic carbocycles. The van der Waals surface area contributed by atoms with Gasteiger partial charge in [0.1, 0.15) is 5.82 Å². The van der Waals surface area contributed by atoms with Gasteiger partial charge in [0.25, 0.3) is 0 Å². The molecule has 8 heteroatoms. The van der Waals surface area contributed by atoms with Crippen LogP contribution in [0.3, 0.4) is 0 Å². The minimum Gasteiger partial charge on any atom is -0.379 e. The molecule has 0 saturated carbocycles. The van der Waals surface area contributed by atoms with E-state index in [4.69, 9.17) is 4.74 Å². The van der Waals surface area contributed by atoms with Crippen LogP contribution in [0.15, 0.2) is 17.4 Å². The molecule has 1 aromatic rings. The van der Waals surface area contributed by atoms with Crippen LogP contribution in [-0.2, 0) is 17.8 Å². The quantitative estimate of drug-likeness (QED) is 0.282. The average Bonchev–Trinajstić information content (AvgIpc) is 3.14. The molecule has 1 aliphatic rings. The number of ether oxygens (including phenoxy) is 1. The Hall–Kier alpha value is -0.870. The number of nitrogens with one attached hydrogen (secondary N) is 2. The van der Waals surface area contributed by atoms with Crippen molar-refractivity contribution >= 4 is 29.9 Å². The van der Waals surface area contributed by atoms with E-state index in [9.17, 15) is 0 Å². The van der Waals surface area contributed by atoms with Crippen LogP contribution in [0.4, 0.5) is 0 Å². The number of hydrogen-bond donors (Lipinski definition) is 2. The molecular weight excluding hydrogens is 479 g/mol. The monoisotopic (exact) mass is 520 g/mol. The van der Waals surface area contributed by atoms with Crippen molar-refractivity contribution in [3.05, 3.63) is 18.2 Å². The van der Waals surface area contributed by atoms with E-state index in [1.54, 1.807) is 0 Å². The molecule has 29 heavy (non-hydrogen) atoms. The van der Waals surface area contributed by atoms with Gasteiger partial charge in [-0.15, -0.1) is 24.0 Å². The highest BCUT2D eigenvalue weighted by Crippen LogP contribution is 2.19. The lowest BCUT2D eigenvalue weighted by atomic mass is 9.92. The first kappa shape index (κ1) is 26.2. The Bertz CT molecular complexity index is 581. The van der Waals surface area contributed by atoms with E-state index in [2.05, 4.69) is 64.0 Å². The van der Waals surface area contributed by atoms with E-state index in [0.717, 1.165) is 51.2 Å². The summed E-state index contributed by atoms with van der Waals surface area (Å²) >= 11 is 0. The minimum absolute atomic E-state index is 0. The fraction of sp³-hybridized carbons (Fsp3) is 0.810. The van der Waals surface area contributed by atoms with Crippen molar-refractivity contribution in [3.8, 4) is 0 Å². The summed E-state index contributed by atoms with van der Waals surface area (Å²) in [4.78, 5) is 11.5. The van der Waals surface area contributed by atoms with Crippen LogP contribution in [0.2, 0.25) is 0 Å². The highest BCUT2D eigenvalue weighted by Gasteiger charge is 2.27. The van der Waals surface area contributed by atoms with Gasteiger partial charge in [-0.05, 0) is 11.8 Å². The summed E-state index contributed by atoms with van der Waals surface area (Å²) in [5.41, 5.74) is 0. The Kier molecular flexibility index (Phi) is 12.8. The standard InChI is InChI=1S/C21H40N6O.HI/c1-6-18(7-2)19(26-10-12-28-13-11-26)14-24-21(22-5)25-15-20-23-8-9-27(20)16-17(3)4;/h8-9,17-19H,6-7,10-16H2,1-5H3,(H2,22,24,25);1H. The lowest BCUT2D eigenvalue weighted by Crippen LogP contribution is -2.53. The molecular formula is C21H41IN6O. The summed E-state index contributed by atoms with van der Waals surface area (Å²) in [6.07, 6.45) is 6.31. The summed E-state index contributed by atoms with van der Waals surface area (Å²) in [5.74, 6) is 3.15. The van der Waals surface area contributed by atoms with Gasteiger partial charge in [0, 0.05) is 51.7 Å². The summed E-state index contributed by atoms with van der Waals surface area (Å²) in [7, 11) is 1.83. The molecule has 1 aromatic heterocycles. The number of aromatic nitrogens is 2. The van der Waals surface area contributed by atoms with E-state index in [0.29, 0.717) is 24.4 Å². The molecule has 0 amide bonds. The molecule has 1 fully saturated rings. The van der Waals surface area contributed by atoms with Crippen LogP contribution in [0.25, 0.3) is 0 Å². The zero-order valence-electron chi connectivity index (χ0n) is 18.9. The van der Waals surface area contributed by atoms with Crippen LogP contribution < -0.4 is 10.6 Å². The number of nitrogens with zero attached hydrogens (tertiary/aromatic N) is 4. The van der Waals surface area contributed by atoms with Crippen molar-refractivity contribution < 1.29 is 4.74 Å². The summed E-state index contributed by atoms with van der Waals surface area (Å²) in [5, 5.41) is 6.99. The van der Waals surface area contributed by atoms with Gasteiger partial charge in [-0.3, -0.25) is 9.89 Å². The molecule has 168 valence electrons. The SMILES string of the molecule is CCC(CC)C(CNC(=NC)NCc1nccn1CC(C)C)N1CCOCC1.I. The maximum absolute atomic E-state index is 5.55. The summed E-state index contributed by atoms with van der Waals surface area (Å²) < 4.78 is 7.77. The largest absolute Gasteiger partial charge is 0.379 e. The predicted octanol–water partition coefficient (Wildman–Crippen LogP) is 2.96. The Morgan fingerprint density at radius 2 is 1.90 bits per heavy atom. The smallest absolute Gasteiger partial charge is 0.191 e. The number of halogens is 1. The fourth-order valence-electron chi connectivity index (χ4n) is 3.99. The number of morpholine rings is 1. The second-order valence-corrected chi connectivity index (χ2v) is 7.99. The molecule has 1 unspecified atom stereocenters. The molecule has 2 heterocycles. The third-order valence-electron chi connectivity index (χ3n) is 5.59. The second-order valence-electron chi connectivity index (χ2n) is 7.99. The number of hydrogen-bond acceptors (Lipinski definition) is 4. The van der Waals surface area contributed by atoms with Crippen LogP contribution in [0.5, 0.6) is 0 Å². The Labute approximate surface area is 194 Å². The van der Waals surface area contributed by atoms with Crippen molar-refractivity contribution in [2.45, 2.75) is 59.7 Å². The molecule has 1 saturated heterocycles. The third-order valence-corrected chi connectivity index (χ3v) is 5.59. The molecule has 0 spiro atoms. The highest BCUT2D eigenvalue weighted by molar-refractivity contribution is 14.0. The van der Waals surface area contributed by atoms with Gasteiger partial charge in [0.2, 0.25) is 0 Å². The van der Waals surface area contributed by atoms with Crippen molar-refractivity contribution in [1.29, 1.82) is 0 Å². The van der Waals surface area contributed by atoms with E-state index in [1.807, 2.05) is 13.2 Å². The topological polar surface area (TPSA) is 66.7 Å². The van der Waals surface area contributed by atoms with Crippen LogP contribution in [0.1, 0.15) is 46.4 Å². The van der Waals surface area contributed by atoms with E-state index >= 15 is 0 Å². The zero-order chi connectivity index (χ0) is 20.4. The molecule has 1 aliphatic heterocycles. The van der Waals surface area contributed by atoms with Gasteiger partial charge < -0.3 is 19.9 Å². The fourth-order valence-corrected chi connectivity index (χ4v) is 3.99. The predicted molar refractivity (Wildman–Crippen MR) is 131 cm³/mol. The van der Waals surface area contributed by atoms with Crippen LogP contribution in [-0.4, -0.2) is 66.3 Å². The van der Waals surface area contributed by atoms with Crippen molar-refractivity contribution in [3.63, 3.8) is 0 Å². The van der Waals surface area contributed by atoms with Gasteiger partial charge >= 0.3 is 0 Å². The maximum Gasteiger partial charge on any atom is 0.191 e. The first-order chi connectivity index (χ1) is 13.6. The lowest BCUT2D eigenvalue weighted by molar-refractivity contribution is 0.00272. The molecule has 2 rings (SSSR count). The normalized spacial score (nSPS) is 16.7. The zero-order valence-corrected chi connectivity index (χ0v) is 21.2. The van der Waals surface area contributed by atoms with E-state index in [1.165, 1.54) is 12.8 Å². The second kappa shape index (κ2) is 14.2. The Balaban J connectivity index is 0.00000420. The molecule has 2 N–H and O–H groups in total. The first-order valence-corrected chi connectivity index (χ1v) is 10.8. The number of imidazole rings is 1. The molecule has 0 bridgehead atoms. The summed E-state index contributed by atoms with van der Waals surface area (Å²) in [6, 6.07) is 0.500. The number of guanidine groups is 1. The lowest BCUT2D eigenvalue weighted by Gasteiger charge is -2.39. The first-order valence-electron chi connectivity index (χ1n) is 10.8.